The molecule has 10 N–H and O–H groups in total. The molecule has 260 valence electrons. The van der Waals surface area contributed by atoms with E-state index in [9.17, 15) is 50.4 Å². The van der Waals surface area contributed by atoms with Gasteiger partial charge in [0.05, 0.1) is 13.2 Å². The van der Waals surface area contributed by atoms with Gasteiger partial charge in [-0.1, -0.05) is 43.5 Å². The highest BCUT2D eigenvalue weighted by Gasteiger charge is 2.45. The summed E-state index contributed by atoms with van der Waals surface area (Å²) in [6, 6.07) is 12.8. The van der Waals surface area contributed by atoms with Crippen molar-refractivity contribution in [1.29, 1.82) is 0 Å². The summed E-state index contributed by atoms with van der Waals surface area (Å²) in [7, 11) is 0. The van der Waals surface area contributed by atoms with E-state index in [1.807, 2.05) is 0 Å². The van der Waals surface area contributed by atoms with Gasteiger partial charge in [-0.3, -0.25) is 9.59 Å². The van der Waals surface area contributed by atoms with Crippen LogP contribution in [0, 0.1) is 0 Å². The molecule has 2 aromatic carbocycles. The third kappa shape index (κ3) is 9.12. The lowest BCUT2D eigenvalue weighted by Crippen LogP contribution is -2.55. The fourth-order valence-corrected chi connectivity index (χ4v) is 5.86. The molecule has 2 aliphatic rings. The van der Waals surface area contributed by atoms with E-state index in [2.05, 4.69) is 10.6 Å². The molecule has 2 saturated heterocycles. The van der Waals surface area contributed by atoms with Crippen LogP contribution in [0.3, 0.4) is 0 Å². The smallest absolute Gasteiger partial charge is 0.251 e. The van der Waals surface area contributed by atoms with Crippen LogP contribution in [-0.4, -0.2) is 128 Å². The molecule has 14 nitrogen and oxygen atoms in total. The van der Waals surface area contributed by atoms with Crippen molar-refractivity contribution in [1.82, 2.24) is 10.6 Å². The van der Waals surface area contributed by atoms with E-state index in [1.165, 1.54) is 0 Å². The Morgan fingerprint density at radius 3 is 1.32 bits per heavy atom. The van der Waals surface area contributed by atoms with E-state index in [0.717, 1.165) is 32.1 Å². The summed E-state index contributed by atoms with van der Waals surface area (Å²) in [6.45, 7) is -0.182. The van der Waals surface area contributed by atoms with Crippen molar-refractivity contribution in [3.63, 3.8) is 0 Å². The van der Waals surface area contributed by atoms with Crippen molar-refractivity contribution in [3.8, 4) is 0 Å². The fourth-order valence-electron chi connectivity index (χ4n) is 5.86. The third-order valence-corrected chi connectivity index (χ3v) is 8.66. The number of nitrogens with one attached hydrogen (secondary N) is 2. The first kappa shape index (κ1) is 36.8. The van der Waals surface area contributed by atoms with Gasteiger partial charge in [-0.05, 0) is 48.2 Å². The van der Waals surface area contributed by atoms with Crippen molar-refractivity contribution in [2.75, 3.05) is 26.3 Å². The summed E-state index contributed by atoms with van der Waals surface area (Å²) >= 11 is 0. The second-order valence-electron chi connectivity index (χ2n) is 12.0. The van der Waals surface area contributed by atoms with Gasteiger partial charge in [-0.25, -0.2) is 0 Å². The maximum atomic E-state index is 12.7. The predicted octanol–water partition coefficient (Wildman–Crippen LogP) is -1.17. The lowest BCUT2D eigenvalue weighted by molar-refractivity contribution is -0.231. The Kier molecular flexibility index (Phi) is 13.6. The van der Waals surface area contributed by atoms with Gasteiger partial charge in [0, 0.05) is 24.2 Å². The molecule has 2 aliphatic heterocycles. The van der Waals surface area contributed by atoms with Gasteiger partial charge in [-0.2, -0.15) is 0 Å². The topological polar surface area (TPSA) is 238 Å². The average Bonchev–Trinajstić information content (AvgIpc) is 3.09. The van der Waals surface area contributed by atoms with Crippen LogP contribution in [0.25, 0.3) is 0 Å². The van der Waals surface area contributed by atoms with Crippen LogP contribution in [0.1, 0.15) is 76.2 Å². The van der Waals surface area contributed by atoms with Gasteiger partial charge in [0.25, 0.3) is 11.8 Å². The highest BCUT2D eigenvalue weighted by Crippen LogP contribution is 2.34. The Balaban J connectivity index is 1.13. The van der Waals surface area contributed by atoms with Crippen LogP contribution in [0.2, 0.25) is 0 Å². The molecule has 10 atom stereocenters. The van der Waals surface area contributed by atoms with Crippen molar-refractivity contribution in [3.05, 3.63) is 70.8 Å². The minimum Gasteiger partial charge on any atom is -0.394 e. The van der Waals surface area contributed by atoms with Crippen LogP contribution in [-0.2, 0) is 9.47 Å². The molecule has 2 heterocycles. The van der Waals surface area contributed by atoms with Crippen LogP contribution < -0.4 is 10.6 Å². The van der Waals surface area contributed by atoms with Gasteiger partial charge in [0.15, 0.2) is 0 Å². The molecule has 47 heavy (non-hydrogen) atoms. The molecule has 2 amide bonds. The molecular weight excluding hydrogens is 616 g/mol. The van der Waals surface area contributed by atoms with E-state index in [0.29, 0.717) is 35.3 Å². The molecule has 0 aliphatic carbocycles. The zero-order valence-corrected chi connectivity index (χ0v) is 26.0. The highest BCUT2D eigenvalue weighted by atomic mass is 16.6. The number of ether oxygens (including phenoxy) is 2. The second-order valence-corrected chi connectivity index (χ2v) is 12.0. The van der Waals surface area contributed by atoms with E-state index in [-0.39, 0.29) is 11.8 Å². The molecule has 0 unspecified atom stereocenters. The summed E-state index contributed by atoms with van der Waals surface area (Å²) in [5, 5.41) is 85.5. The number of aliphatic hydroxyl groups excluding tert-OH is 8. The van der Waals surface area contributed by atoms with Gasteiger partial charge in [-0.15, -0.1) is 0 Å². The van der Waals surface area contributed by atoms with Gasteiger partial charge >= 0.3 is 0 Å². The first-order valence-electron chi connectivity index (χ1n) is 15.9. The molecule has 0 radical (unpaired) electrons. The van der Waals surface area contributed by atoms with Crippen LogP contribution >= 0.6 is 0 Å². The standard InChI is InChI=1S/C33H46N2O12/c36-16-22-24(38)26(40)28(42)30(46-22)18-8-6-10-20(14-18)32(44)34-12-4-2-1-3-5-13-35-33(45)21-11-7-9-19(15-21)31-29(43)27(41)25(39)23(17-37)47-31/h6-11,14-15,22-31,36-43H,1-5,12-13,16-17H2,(H,34,44)(H,35,45)/t22-,23-,24-,25-,26+,27+,28+,29+,30-,31-/m1/s1. The number of unbranched alkanes of at least 4 members (excludes halogenated alkanes) is 4. The molecule has 2 aromatic rings. The quantitative estimate of drug-likeness (QED) is 0.108. The maximum Gasteiger partial charge on any atom is 0.251 e. The number of aliphatic hydroxyl groups is 8. The lowest BCUT2D eigenvalue weighted by Gasteiger charge is -2.40. The normalized spacial score (nSPS) is 30.9. The maximum absolute atomic E-state index is 12.7. The fraction of sp³-hybridized carbons (Fsp3) is 0.576. The molecule has 0 spiro atoms. The summed E-state index contributed by atoms with van der Waals surface area (Å²) in [5.74, 6) is -0.621. The van der Waals surface area contributed by atoms with E-state index in [1.54, 1.807) is 48.5 Å². The first-order valence-corrected chi connectivity index (χ1v) is 15.9. The van der Waals surface area contributed by atoms with Crippen LogP contribution in [0.15, 0.2) is 48.5 Å². The van der Waals surface area contributed by atoms with Gasteiger partial charge in [0.1, 0.15) is 61.0 Å². The summed E-state index contributed by atoms with van der Waals surface area (Å²) in [4.78, 5) is 25.4. The zero-order valence-electron chi connectivity index (χ0n) is 26.0. The van der Waals surface area contributed by atoms with Crippen molar-refractivity contribution in [2.45, 2.75) is 93.1 Å². The molecule has 14 heteroatoms. The minimum atomic E-state index is -1.51. The number of amides is 2. The number of benzene rings is 2. The van der Waals surface area contributed by atoms with Crippen molar-refractivity contribution >= 4 is 11.8 Å². The largest absolute Gasteiger partial charge is 0.394 e. The van der Waals surface area contributed by atoms with Crippen molar-refractivity contribution in [2.24, 2.45) is 0 Å². The second kappa shape index (κ2) is 17.4. The SMILES string of the molecule is O=C(NCCCCCCCNC(=O)c1cccc([C@H]2O[C@H](CO)[C@@H](O)[C@H](O)[C@@H]2O)c1)c1cccc([C@H]2O[C@H](CO)[C@@H](O)[C@H](O)[C@@H]2O)c1. The number of hydrogen-bond donors (Lipinski definition) is 10. The Labute approximate surface area is 272 Å². The van der Waals surface area contributed by atoms with Gasteiger partial charge in [0.2, 0.25) is 0 Å². The monoisotopic (exact) mass is 662 g/mol. The van der Waals surface area contributed by atoms with E-state index >= 15 is 0 Å². The Morgan fingerprint density at radius 2 is 0.936 bits per heavy atom. The van der Waals surface area contributed by atoms with Crippen LogP contribution in [0.4, 0.5) is 0 Å². The number of rotatable bonds is 14. The minimum absolute atomic E-state index is 0.310. The Hall–Kier alpha value is -3.02. The Morgan fingerprint density at radius 1 is 0.553 bits per heavy atom. The average molecular weight is 663 g/mol. The van der Waals surface area contributed by atoms with Gasteiger partial charge < -0.3 is 61.0 Å². The zero-order chi connectivity index (χ0) is 34.1. The summed E-state index contributed by atoms with van der Waals surface area (Å²) in [6.07, 6.45) is -8.84. The predicted molar refractivity (Wildman–Crippen MR) is 166 cm³/mol. The van der Waals surface area contributed by atoms with Crippen LogP contribution in [0.5, 0.6) is 0 Å². The molecule has 4 rings (SSSR count). The Bertz CT molecular complexity index is 1210. The highest BCUT2D eigenvalue weighted by molar-refractivity contribution is 5.94. The first-order chi connectivity index (χ1) is 22.6. The molecular formula is C33H46N2O12. The molecule has 0 aromatic heterocycles. The number of carbonyl (C=O) groups is 2. The molecule has 0 bridgehead atoms. The molecule has 2 fully saturated rings. The summed E-state index contributed by atoms with van der Waals surface area (Å²) in [5.41, 5.74) is 1.55. The van der Waals surface area contributed by atoms with Crippen molar-refractivity contribution < 1.29 is 59.9 Å². The molecule has 0 saturated carbocycles. The lowest BCUT2D eigenvalue weighted by atomic mass is 9.90. The van der Waals surface area contributed by atoms with E-state index in [4.69, 9.17) is 9.47 Å². The third-order valence-electron chi connectivity index (χ3n) is 8.66. The number of hydrogen-bond acceptors (Lipinski definition) is 12. The van der Waals surface area contributed by atoms with E-state index < -0.39 is 74.3 Å². The summed E-state index contributed by atoms with van der Waals surface area (Å²) < 4.78 is 11.2. The number of carbonyl (C=O) groups excluding carboxylic acids is 2.